The summed E-state index contributed by atoms with van der Waals surface area (Å²) in [6, 6.07) is 7.18. The van der Waals surface area contributed by atoms with Gasteiger partial charge in [-0.2, -0.15) is 5.10 Å². The molecule has 5 heteroatoms. The Balaban J connectivity index is 1.98. The van der Waals surface area contributed by atoms with E-state index in [1.807, 2.05) is 12.1 Å². The number of para-hydroxylation sites is 1. The summed E-state index contributed by atoms with van der Waals surface area (Å²) in [4.78, 5) is 23.3. The minimum Gasteiger partial charge on any atom is -0.466 e. The molecule has 0 aliphatic heterocycles. The van der Waals surface area contributed by atoms with Crippen molar-refractivity contribution in [1.29, 1.82) is 0 Å². The monoisotopic (exact) mass is 284 g/mol. The number of fused-ring (bicyclic) bond motifs is 1. The first-order chi connectivity index (χ1) is 10.2. The largest absolute Gasteiger partial charge is 0.466 e. The number of carbonyl (C=O) groups excluding carboxylic acids is 1. The van der Waals surface area contributed by atoms with E-state index in [9.17, 15) is 9.59 Å². The van der Waals surface area contributed by atoms with Crippen LogP contribution in [0.2, 0.25) is 0 Å². The van der Waals surface area contributed by atoms with Crippen LogP contribution < -0.4 is 5.43 Å². The van der Waals surface area contributed by atoms with Crippen LogP contribution in [0.25, 0.3) is 10.9 Å². The Bertz CT molecular complexity index is 728. The molecule has 0 saturated heterocycles. The third kappa shape index (κ3) is 3.93. The van der Waals surface area contributed by atoms with Crippen molar-refractivity contribution < 1.29 is 9.53 Å². The second-order valence-electron chi connectivity index (χ2n) is 4.53. The van der Waals surface area contributed by atoms with Crippen molar-refractivity contribution >= 4 is 16.9 Å². The van der Waals surface area contributed by atoms with Gasteiger partial charge >= 0.3 is 5.97 Å². The van der Waals surface area contributed by atoms with Crippen LogP contribution in [0.5, 0.6) is 0 Å². The summed E-state index contributed by atoms with van der Waals surface area (Å²) in [5.41, 5.74) is 0.587. The molecule has 108 valence electrons. The number of hydrogen-bond acceptors (Lipinski definition) is 4. The highest BCUT2D eigenvalue weighted by Crippen LogP contribution is 2.08. The van der Waals surface area contributed by atoms with Crippen molar-refractivity contribution in [3.05, 3.63) is 40.7 Å². The fourth-order valence-electron chi connectivity index (χ4n) is 1.97. The molecule has 0 bridgehead atoms. The number of carbonyl (C=O) groups is 1. The van der Waals surface area contributed by atoms with E-state index in [-0.39, 0.29) is 17.8 Å². The molecule has 0 radical (unpaired) electrons. The van der Waals surface area contributed by atoms with Gasteiger partial charge in [-0.1, -0.05) is 12.1 Å². The summed E-state index contributed by atoms with van der Waals surface area (Å²) in [5.74, 6) is 2.19. The van der Waals surface area contributed by atoms with Gasteiger partial charge in [0.15, 0.2) is 0 Å². The SMILES string of the molecule is C#CCCCOC(=O)CCn1ncc(=O)c2ccccc21. The normalized spacial score (nSPS) is 10.2. The second-order valence-corrected chi connectivity index (χ2v) is 4.53. The Morgan fingerprint density at radius 1 is 1.38 bits per heavy atom. The summed E-state index contributed by atoms with van der Waals surface area (Å²) in [7, 11) is 0. The molecule has 0 unspecified atom stereocenters. The third-order valence-electron chi connectivity index (χ3n) is 3.02. The first-order valence-electron chi connectivity index (χ1n) is 6.76. The lowest BCUT2D eigenvalue weighted by molar-refractivity contribution is -0.144. The second kappa shape index (κ2) is 7.25. The molecule has 1 aromatic heterocycles. The first kappa shape index (κ1) is 14.8. The fourth-order valence-corrected chi connectivity index (χ4v) is 1.97. The maximum absolute atomic E-state index is 11.7. The van der Waals surface area contributed by atoms with E-state index in [4.69, 9.17) is 11.2 Å². The number of aryl methyl sites for hydroxylation is 1. The standard InChI is InChI=1S/C16H16N2O3/c1-2-3-6-11-21-16(20)9-10-18-14-8-5-4-7-13(14)15(19)12-17-18/h1,4-5,7-8,12H,3,6,9-11H2. The zero-order chi connectivity index (χ0) is 15.1. The number of hydrogen-bond donors (Lipinski definition) is 0. The Labute approximate surface area is 122 Å². The van der Waals surface area contributed by atoms with Crippen LogP contribution in [-0.2, 0) is 16.1 Å². The molecular formula is C16H16N2O3. The lowest BCUT2D eigenvalue weighted by Crippen LogP contribution is -2.15. The number of esters is 1. The Morgan fingerprint density at radius 3 is 3.00 bits per heavy atom. The molecule has 1 heterocycles. The van der Waals surface area contributed by atoms with Crippen molar-refractivity contribution in [1.82, 2.24) is 9.78 Å². The number of terminal acetylenes is 1. The summed E-state index contributed by atoms with van der Waals surface area (Å²) in [5, 5.41) is 4.65. The van der Waals surface area contributed by atoms with Crippen LogP contribution in [-0.4, -0.2) is 22.4 Å². The topological polar surface area (TPSA) is 61.2 Å². The van der Waals surface area contributed by atoms with Crippen molar-refractivity contribution in [3.63, 3.8) is 0 Å². The van der Waals surface area contributed by atoms with Gasteiger partial charge in [0.2, 0.25) is 5.43 Å². The average Bonchev–Trinajstić information content (AvgIpc) is 2.51. The number of nitrogens with zero attached hydrogens (tertiary/aromatic N) is 2. The average molecular weight is 284 g/mol. The zero-order valence-electron chi connectivity index (χ0n) is 11.6. The quantitative estimate of drug-likeness (QED) is 0.460. The Kier molecular flexibility index (Phi) is 5.10. The van der Waals surface area contributed by atoms with Gasteiger partial charge in [0.05, 0.1) is 31.3 Å². The molecule has 5 nitrogen and oxygen atoms in total. The molecule has 0 N–H and O–H groups in total. The van der Waals surface area contributed by atoms with Gasteiger partial charge in [-0.15, -0.1) is 12.3 Å². The van der Waals surface area contributed by atoms with Gasteiger partial charge in [-0.3, -0.25) is 14.3 Å². The van der Waals surface area contributed by atoms with Gasteiger partial charge in [-0.05, 0) is 18.6 Å². The summed E-state index contributed by atoms with van der Waals surface area (Å²) >= 11 is 0. The van der Waals surface area contributed by atoms with Crippen LogP contribution in [0.1, 0.15) is 19.3 Å². The van der Waals surface area contributed by atoms with Crippen LogP contribution in [0.4, 0.5) is 0 Å². The number of benzene rings is 1. The van der Waals surface area contributed by atoms with Crippen molar-refractivity contribution in [2.45, 2.75) is 25.8 Å². The summed E-state index contributed by atoms with van der Waals surface area (Å²) in [6.45, 7) is 0.705. The minimum absolute atomic E-state index is 0.126. The highest BCUT2D eigenvalue weighted by Gasteiger charge is 2.07. The highest BCUT2D eigenvalue weighted by molar-refractivity contribution is 5.78. The molecule has 0 fully saturated rings. The molecule has 1 aromatic carbocycles. The fraction of sp³-hybridized carbons (Fsp3) is 0.312. The van der Waals surface area contributed by atoms with E-state index in [1.165, 1.54) is 6.20 Å². The van der Waals surface area contributed by atoms with Crippen LogP contribution in [0, 0.1) is 12.3 Å². The van der Waals surface area contributed by atoms with Crippen molar-refractivity contribution in [2.24, 2.45) is 0 Å². The predicted octanol–water partition coefficient (Wildman–Crippen LogP) is 1.74. The van der Waals surface area contributed by atoms with Crippen molar-refractivity contribution in [2.75, 3.05) is 6.61 Å². The minimum atomic E-state index is -0.295. The highest BCUT2D eigenvalue weighted by atomic mass is 16.5. The maximum atomic E-state index is 11.7. The lowest BCUT2D eigenvalue weighted by atomic mass is 10.2. The van der Waals surface area contributed by atoms with Gasteiger partial charge < -0.3 is 4.74 Å². The van der Waals surface area contributed by atoms with E-state index in [1.54, 1.807) is 16.8 Å². The van der Waals surface area contributed by atoms with Crippen LogP contribution in [0.15, 0.2) is 35.3 Å². The molecule has 0 atom stereocenters. The van der Waals surface area contributed by atoms with Gasteiger partial charge in [0, 0.05) is 11.8 Å². The molecular weight excluding hydrogens is 268 g/mol. The maximum Gasteiger partial charge on any atom is 0.307 e. The van der Waals surface area contributed by atoms with E-state index in [0.717, 1.165) is 0 Å². The molecule has 0 aliphatic rings. The molecule has 21 heavy (non-hydrogen) atoms. The molecule has 0 aliphatic carbocycles. The Hall–Kier alpha value is -2.61. The predicted molar refractivity (Wildman–Crippen MR) is 79.6 cm³/mol. The lowest BCUT2D eigenvalue weighted by Gasteiger charge is -2.09. The zero-order valence-corrected chi connectivity index (χ0v) is 11.6. The van der Waals surface area contributed by atoms with E-state index in [2.05, 4.69) is 11.0 Å². The number of unbranched alkanes of at least 4 members (excludes halogenated alkanes) is 1. The summed E-state index contributed by atoms with van der Waals surface area (Å²) in [6.07, 6.45) is 7.85. The van der Waals surface area contributed by atoms with Gasteiger partial charge in [0.1, 0.15) is 0 Å². The number of rotatable bonds is 6. The van der Waals surface area contributed by atoms with Gasteiger partial charge in [-0.25, -0.2) is 0 Å². The van der Waals surface area contributed by atoms with E-state index >= 15 is 0 Å². The Morgan fingerprint density at radius 2 is 2.19 bits per heavy atom. The van der Waals surface area contributed by atoms with E-state index in [0.29, 0.717) is 36.9 Å². The van der Waals surface area contributed by atoms with Crippen LogP contribution in [0.3, 0.4) is 0 Å². The number of aromatic nitrogens is 2. The molecule has 2 rings (SSSR count). The molecule has 0 saturated carbocycles. The first-order valence-corrected chi connectivity index (χ1v) is 6.76. The van der Waals surface area contributed by atoms with E-state index < -0.39 is 0 Å². The molecule has 2 aromatic rings. The van der Waals surface area contributed by atoms with Crippen LogP contribution >= 0.6 is 0 Å². The van der Waals surface area contributed by atoms with Crippen molar-refractivity contribution in [3.8, 4) is 12.3 Å². The molecule has 0 spiro atoms. The smallest absolute Gasteiger partial charge is 0.307 e. The number of ether oxygens (including phenoxy) is 1. The summed E-state index contributed by atoms with van der Waals surface area (Å²) < 4.78 is 6.70. The van der Waals surface area contributed by atoms with Gasteiger partial charge in [0.25, 0.3) is 0 Å². The third-order valence-corrected chi connectivity index (χ3v) is 3.02. The molecule has 0 amide bonds.